The molecule has 4 unspecified atom stereocenters. The number of hydrogen-bond donors (Lipinski definition) is 3. The second-order valence-corrected chi connectivity index (χ2v) is 13.8. The van der Waals surface area contributed by atoms with E-state index in [2.05, 4.69) is 25.0 Å². The minimum atomic E-state index is -1.86. The van der Waals surface area contributed by atoms with Crippen molar-refractivity contribution >= 4 is 46.9 Å². The molecule has 0 bridgehead atoms. The molecular formula is C39H46FN5O11. The van der Waals surface area contributed by atoms with Crippen LogP contribution in [0, 0.1) is 47.5 Å². The Morgan fingerprint density at radius 3 is 1.91 bits per heavy atom. The lowest BCUT2D eigenvalue weighted by molar-refractivity contribution is -0.157. The molecule has 3 N–H and O–H groups in total. The average Bonchev–Trinajstić information content (AvgIpc) is 3.70. The number of amides is 1. The van der Waals surface area contributed by atoms with Crippen LogP contribution in [0.15, 0.2) is 35.4 Å². The molecule has 0 radical (unpaired) electrons. The van der Waals surface area contributed by atoms with E-state index in [1.807, 2.05) is 41.5 Å². The number of halogens is 1. The molecule has 0 spiro atoms. The summed E-state index contributed by atoms with van der Waals surface area (Å²) in [5, 5.41) is 10.9. The van der Waals surface area contributed by atoms with Crippen molar-refractivity contribution in [3.05, 3.63) is 85.5 Å². The number of aromatic nitrogens is 4. The van der Waals surface area contributed by atoms with Gasteiger partial charge in [-0.25, -0.2) is 28.6 Å². The van der Waals surface area contributed by atoms with Crippen LogP contribution < -0.4 is 10.9 Å². The van der Waals surface area contributed by atoms with Crippen LogP contribution >= 0.6 is 0 Å². The Morgan fingerprint density at radius 1 is 0.911 bits per heavy atom. The number of aromatic amines is 1. The number of carbonyl (C=O) groups is 5. The second kappa shape index (κ2) is 18.1. The molecule has 0 saturated carbocycles. The number of aliphatic carboxylic acids is 1. The highest BCUT2D eigenvalue weighted by Crippen LogP contribution is 2.36. The first-order valence-electron chi connectivity index (χ1n) is 17.8. The minimum absolute atomic E-state index is 0.0186. The maximum absolute atomic E-state index is 15.7. The van der Waals surface area contributed by atoms with Crippen molar-refractivity contribution in [3.63, 3.8) is 0 Å². The number of nitrogens with zero attached hydrogens (tertiary/aromatic N) is 3. The van der Waals surface area contributed by atoms with Gasteiger partial charge >= 0.3 is 23.9 Å². The number of H-pyrrole nitrogens is 1. The molecule has 4 aromatic rings. The van der Waals surface area contributed by atoms with Crippen molar-refractivity contribution in [1.29, 1.82) is 0 Å². The number of benzene rings is 2. The van der Waals surface area contributed by atoms with Gasteiger partial charge in [-0.15, -0.1) is 0 Å². The molecule has 17 heteroatoms. The van der Waals surface area contributed by atoms with Gasteiger partial charge in [-0.2, -0.15) is 4.98 Å². The van der Waals surface area contributed by atoms with Gasteiger partial charge in [0.05, 0.1) is 17.5 Å². The first-order chi connectivity index (χ1) is 26.3. The zero-order valence-corrected chi connectivity index (χ0v) is 32.6. The van der Waals surface area contributed by atoms with E-state index in [9.17, 15) is 28.8 Å². The van der Waals surface area contributed by atoms with Crippen LogP contribution in [0.5, 0.6) is 0 Å². The zero-order valence-electron chi connectivity index (χ0n) is 32.6. The molecule has 2 aromatic heterocycles. The van der Waals surface area contributed by atoms with Gasteiger partial charge in [-0.05, 0) is 106 Å². The number of anilines is 1. The van der Waals surface area contributed by atoms with Crippen LogP contribution in [0.1, 0.15) is 87.5 Å². The third-order valence-electron chi connectivity index (χ3n) is 9.38. The molecule has 0 aliphatic carbocycles. The molecule has 1 aliphatic heterocycles. The van der Waals surface area contributed by atoms with Crippen LogP contribution in [-0.4, -0.2) is 86.0 Å². The molecule has 56 heavy (non-hydrogen) atoms. The normalized spacial score (nSPS) is 17.6. The summed E-state index contributed by atoms with van der Waals surface area (Å²) in [5.41, 5.74) is 5.92. The Bertz CT molecular complexity index is 2170. The summed E-state index contributed by atoms with van der Waals surface area (Å²) in [6.07, 6.45) is -3.84. The Morgan fingerprint density at radius 2 is 1.43 bits per heavy atom. The molecule has 3 heterocycles. The van der Waals surface area contributed by atoms with Crippen molar-refractivity contribution in [3.8, 4) is 0 Å². The molecule has 1 aliphatic rings. The van der Waals surface area contributed by atoms with E-state index in [-0.39, 0.29) is 28.9 Å². The Balaban J connectivity index is 0.000000364. The second-order valence-electron chi connectivity index (χ2n) is 13.8. The van der Waals surface area contributed by atoms with Gasteiger partial charge in [0, 0.05) is 5.92 Å². The molecule has 4 atom stereocenters. The van der Waals surface area contributed by atoms with Gasteiger partial charge < -0.3 is 24.1 Å². The summed E-state index contributed by atoms with van der Waals surface area (Å²) in [5.74, 6) is -4.27. The fraction of sp³-hybridized carbons (Fsp3) is 0.436. The topological polar surface area (TPSA) is 218 Å². The maximum Gasteiger partial charge on any atom is 0.344 e. The number of carboxylic acid groups (broad SMARTS) is 1. The zero-order chi connectivity index (χ0) is 41.6. The number of aryl methyl sites for hydroxylation is 4. The Labute approximate surface area is 321 Å². The number of imidazole rings is 1. The first kappa shape index (κ1) is 42.8. The highest BCUT2D eigenvalue weighted by atomic mass is 19.1. The molecule has 300 valence electrons. The van der Waals surface area contributed by atoms with E-state index in [4.69, 9.17) is 19.3 Å². The molecule has 1 amide bonds. The molecular weight excluding hydrogens is 733 g/mol. The minimum Gasteiger partial charge on any atom is -0.479 e. The van der Waals surface area contributed by atoms with Crippen LogP contribution in [-0.2, 0) is 33.3 Å². The Kier molecular flexibility index (Phi) is 13.8. The number of nitrogens with one attached hydrogen (secondary N) is 2. The molecule has 1 saturated heterocycles. The van der Waals surface area contributed by atoms with Crippen molar-refractivity contribution in [2.75, 3.05) is 18.5 Å². The summed E-state index contributed by atoms with van der Waals surface area (Å²) in [7, 11) is 0. The van der Waals surface area contributed by atoms with E-state index < -0.39 is 67.3 Å². The lowest BCUT2D eigenvalue weighted by Crippen LogP contribution is -2.35. The van der Waals surface area contributed by atoms with Crippen LogP contribution in [0.2, 0.25) is 0 Å². The number of hydrogen-bond acceptors (Lipinski definition) is 12. The number of carboxylic acids is 1. The highest BCUT2D eigenvalue weighted by Gasteiger charge is 2.48. The van der Waals surface area contributed by atoms with E-state index >= 15 is 4.39 Å². The van der Waals surface area contributed by atoms with Crippen LogP contribution in [0.3, 0.4) is 0 Å². The number of ether oxygens (including phenoxy) is 4. The third-order valence-corrected chi connectivity index (χ3v) is 9.38. The number of alkyl halides is 1. The van der Waals surface area contributed by atoms with E-state index in [0.29, 0.717) is 17.5 Å². The van der Waals surface area contributed by atoms with Crippen molar-refractivity contribution in [1.82, 2.24) is 19.5 Å². The number of esters is 3. The summed E-state index contributed by atoms with van der Waals surface area (Å²) in [6, 6.07) is 6.74. The quantitative estimate of drug-likeness (QED) is 0.136. The fourth-order valence-electron chi connectivity index (χ4n) is 5.73. The number of carbonyl (C=O) groups excluding carboxylic acids is 4. The van der Waals surface area contributed by atoms with Gasteiger partial charge in [0.15, 0.2) is 42.9 Å². The predicted octanol–water partition coefficient (Wildman–Crippen LogP) is 4.91. The van der Waals surface area contributed by atoms with Crippen LogP contribution in [0.4, 0.5) is 10.3 Å². The molecule has 16 nitrogen and oxygen atoms in total. The van der Waals surface area contributed by atoms with E-state index in [0.717, 1.165) is 33.4 Å². The predicted molar refractivity (Wildman–Crippen MR) is 200 cm³/mol. The van der Waals surface area contributed by atoms with E-state index in [1.54, 1.807) is 45.0 Å². The lowest BCUT2D eigenvalue weighted by atomic mass is 10.0. The molecule has 5 rings (SSSR count). The smallest absolute Gasteiger partial charge is 0.344 e. The average molecular weight is 780 g/mol. The number of rotatable bonds is 11. The standard InChI is InChI=1S/C27H32FN5O7.C12H14O4/c1-7-17-21(40-18(34)10-38-26(37)16-8-13(4)15(6)14(5)9-16)19(28)25(39-17)33-11-29-20-22(33)30-27(32-24(20)36)31-23(35)12(2)3;1-7-4-10(5-8(2)9(7)3)12(15)16-6-11(13)14/h8-9,11-12,17,19,21,25H,7,10H2,1-6H3,(H2,30,31,32,35,36);4-5H,6H2,1-3H3,(H,13,14). The summed E-state index contributed by atoms with van der Waals surface area (Å²) >= 11 is 0. The largest absolute Gasteiger partial charge is 0.479 e. The lowest BCUT2D eigenvalue weighted by Gasteiger charge is -2.18. The van der Waals surface area contributed by atoms with E-state index in [1.165, 1.54) is 10.9 Å². The van der Waals surface area contributed by atoms with Crippen molar-refractivity contribution in [2.24, 2.45) is 5.92 Å². The SMILES string of the molecule is CCC1OC(n2cnc3c(=O)[nH]c(NC(=O)C(C)C)nc32)C(F)C1OC(=O)COC(=O)c1cc(C)c(C)c(C)c1.Cc1cc(C(=O)OCC(=O)O)cc(C)c1C. The fourth-order valence-corrected chi connectivity index (χ4v) is 5.73. The number of fused-ring (bicyclic) bond motifs is 1. The van der Waals surface area contributed by atoms with Gasteiger partial charge in [0.25, 0.3) is 5.56 Å². The molecule has 1 fully saturated rings. The van der Waals surface area contributed by atoms with Crippen molar-refractivity contribution in [2.45, 2.75) is 93.3 Å². The van der Waals surface area contributed by atoms with Gasteiger partial charge in [0.1, 0.15) is 6.10 Å². The van der Waals surface area contributed by atoms with Gasteiger partial charge in [0.2, 0.25) is 11.9 Å². The van der Waals surface area contributed by atoms with Crippen molar-refractivity contribution < 1.29 is 52.4 Å². The monoisotopic (exact) mass is 779 g/mol. The maximum atomic E-state index is 15.7. The van der Waals surface area contributed by atoms with Gasteiger partial charge in [-0.1, -0.05) is 20.8 Å². The summed E-state index contributed by atoms with van der Waals surface area (Å²) < 4.78 is 37.8. The Hall–Kier alpha value is -5.97. The summed E-state index contributed by atoms with van der Waals surface area (Å²) in [4.78, 5) is 82.0. The first-order valence-corrected chi connectivity index (χ1v) is 17.8. The van der Waals surface area contributed by atoms with Gasteiger partial charge in [-0.3, -0.25) is 24.5 Å². The molecule has 2 aromatic carbocycles. The van der Waals surface area contributed by atoms with Crippen LogP contribution in [0.25, 0.3) is 11.2 Å². The highest BCUT2D eigenvalue weighted by molar-refractivity contribution is 5.92. The summed E-state index contributed by atoms with van der Waals surface area (Å²) in [6.45, 7) is 15.2. The third kappa shape index (κ3) is 10.0.